The molecule has 0 aliphatic heterocycles. The molecule has 0 atom stereocenters. The van der Waals surface area contributed by atoms with E-state index in [9.17, 15) is 4.79 Å². The zero-order chi connectivity index (χ0) is 13.8. The molecule has 100 valence electrons. The summed E-state index contributed by atoms with van der Waals surface area (Å²) in [5.41, 5.74) is 7.97. The molecule has 2 aromatic rings. The molecule has 2 rings (SSSR count). The number of aromatic nitrogens is 4. The second-order valence-electron chi connectivity index (χ2n) is 3.96. The molecule has 0 aliphatic carbocycles. The van der Waals surface area contributed by atoms with E-state index in [1.165, 1.54) is 16.4 Å². The minimum atomic E-state index is -0.144. The maximum absolute atomic E-state index is 11.9. The monoisotopic (exact) mass is 278 g/mol. The van der Waals surface area contributed by atoms with E-state index in [4.69, 9.17) is 5.73 Å². The number of anilines is 2. The lowest BCUT2D eigenvalue weighted by molar-refractivity contribution is -0.113. The van der Waals surface area contributed by atoms with E-state index >= 15 is 0 Å². The van der Waals surface area contributed by atoms with Crippen LogP contribution < -0.4 is 11.1 Å². The van der Waals surface area contributed by atoms with E-state index in [1.807, 2.05) is 19.1 Å². The number of para-hydroxylation sites is 1. The Morgan fingerprint density at radius 1 is 1.53 bits per heavy atom. The van der Waals surface area contributed by atoms with Gasteiger partial charge in [-0.15, -0.1) is 5.10 Å². The summed E-state index contributed by atoms with van der Waals surface area (Å²) in [6.07, 6.45) is 0. The summed E-state index contributed by atoms with van der Waals surface area (Å²) in [6.45, 7) is 1.89. The fourth-order valence-electron chi connectivity index (χ4n) is 1.51. The van der Waals surface area contributed by atoms with Gasteiger partial charge in [-0.3, -0.25) is 4.79 Å². The Morgan fingerprint density at radius 2 is 2.32 bits per heavy atom. The number of nitrogen functional groups attached to an aromatic ring is 1. The van der Waals surface area contributed by atoms with E-state index in [0.717, 1.165) is 5.56 Å². The smallest absolute Gasteiger partial charge is 0.234 e. The second kappa shape index (κ2) is 5.70. The number of hydrogen-bond donors (Lipinski definition) is 2. The summed E-state index contributed by atoms with van der Waals surface area (Å²) >= 11 is 1.27. The zero-order valence-electron chi connectivity index (χ0n) is 10.6. The summed E-state index contributed by atoms with van der Waals surface area (Å²) in [5, 5.41) is 14.4. The predicted octanol–water partition coefficient (Wildman–Crippen LogP) is 0.832. The van der Waals surface area contributed by atoms with Crippen molar-refractivity contribution in [1.82, 2.24) is 20.2 Å². The van der Waals surface area contributed by atoms with E-state index in [2.05, 4.69) is 20.8 Å². The van der Waals surface area contributed by atoms with Crippen molar-refractivity contribution in [2.24, 2.45) is 7.05 Å². The molecule has 1 aromatic heterocycles. The normalized spacial score (nSPS) is 10.4. The first kappa shape index (κ1) is 13.3. The Morgan fingerprint density at radius 3 is 2.95 bits per heavy atom. The molecule has 3 N–H and O–H groups in total. The summed E-state index contributed by atoms with van der Waals surface area (Å²) in [7, 11) is 1.72. The van der Waals surface area contributed by atoms with Gasteiger partial charge in [-0.25, -0.2) is 4.68 Å². The lowest BCUT2D eigenvalue weighted by atomic mass is 10.1. The first-order valence-corrected chi connectivity index (χ1v) is 6.56. The number of amides is 1. The van der Waals surface area contributed by atoms with E-state index in [-0.39, 0.29) is 11.7 Å². The molecule has 0 spiro atoms. The van der Waals surface area contributed by atoms with Gasteiger partial charge in [0.15, 0.2) is 0 Å². The predicted molar refractivity (Wildman–Crippen MR) is 73.7 cm³/mol. The van der Waals surface area contributed by atoms with Crippen LogP contribution >= 0.6 is 11.8 Å². The van der Waals surface area contributed by atoms with Crippen molar-refractivity contribution in [3.05, 3.63) is 23.8 Å². The quantitative estimate of drug-likeness (QED) is 0.635. The van der Waals surface area contributed by atoms with Gasteiger partial charge in [0, 0.05) is 7.05 Å². The molecule has 1 heterocycles. The van der Waals surface area contributed by atoms with Crippen molar-refractivity contribution in [2.75, 3.05) is 16.8 Å². The second-order valence-corrected chi connectivity index (χ2v) is 4.90. The minimum Gasteiger partial charge on any atom is -0.397 e. The molecule has 0 saturated carbocycles. The third-order valence-electron chi connectivity index (χ3n) is 2.48. The number of hydrogen-bond acceptors (Lipinski definition) is 6. The molecule has 0 unspecified atom stereocenters. The fourth-order valence-corrected chi connectivity index (χ4v) is 2.16. The molecule has 0 fully saturated rings. The summed E-state index contributed by atoms with van der Waals surface area (Å²) in [5.74, 6) is 0.0797. The van der Waals surface area contributed by atoms with E-state index < -0.39 is 0 Å². The van der Waals surface area contributed by atoms with Crippen molar-refractivity contribution >= 4 is 29.0 Å². The maximum Gasteiger partial charge on any atom is 0.234 e. The number of aryl methyl sites for hydroxylation is 2. The van der Waals surface area contributed by atoms with Crippen LogP contribution in [-0.2, 0) is 11.8 Å². The van der Waals surface area contributed by atoms with Crippen LogP contribution in [0.1, 0.15) is 5.56 Å². The van der Waals surface area contributed by atoms with Crippen LogP contribution in [0, 0.1) is 6.92 Å². The Bertz CT molecular complexity index is 576. The Labute approximate surface area is 114 Å². The number of nitrogens with two attached hydrogens (primary N) is 1. The largest absolute Gasteiger partial charge is 0.397 e. The summed E-state index contributed by atoms with van der Waals surface area (Å²) in [6, 6.07) is 5.49. The summed E-state index contributed by atoms with van der Waals surface area (Å²) in [4.78, 5) is 11.9. The SMILES string of the molecule is Cc1cccc(N)c1NC(=O)CSc1nnnn1C. The van der Waals surface area contributed by atoms with Crippen molar-refractivity contribution in [2.45, 2.75) is 12.1 Å². The van der Waals surface area contributed by atoms with E-state index in [0.29, 0.717) is 16.5 Å². The highest BCUT2D eigenvalue weighted by molar-refractivity contribution is 7.99. The Balaban J connectivity index is 1.97. The Kier molecular flexibility index (Phi) is 4.00. The first-order chi connectivity index (χ1) is 9.08. The molecule has 7 nitrogen and oxygen atoms in total. The van der Waals surface area contributed by atoms with Crippen molar-refractivity contribution in [3.63, 3.8) is 0 Å². The molecule has 0 saturated heterocycles. The Hall–Kier alpha value is -2.09. The standard InChI is InChI=1S/C11H14N6OS/c1-7-4-3-5-8(12)10(7)13-9(18)6-19-11-14-15-16-17(11)2/h3-5H,6,12H2,1-2H3,(H,13,18). The lowest BCUT2D eigenvalue weighted by Gasteiger charge is -2.10. The molecule has 0 aliphatic rings. The molecule has 1 amide bonds. The third-order valence-corrected chi connectivity index (χ3v) is 3.49. The van der Waals surface area contributed by atoms with Gasteiger partial charge in [0.05, 0.1) is 17.1 Å². The van der Waals surface area contributed by atoms with E-state index in [1.54, 1.807) is 13.1 Å². The van der Waals surface area contributed by atoms with Crippen molar-refractivity contribution in [3.8, 4) is 0 Å². The molecular weight excluding hydrogens is 264 g/mol. The number of benzene rings is 1. The van der Waals surface area contributed by atoms with Crippen molar-refractivity contribution in [1.29, 1.82) is 0 Å². The van der Waals surface area contributed by atoms with Gasteiger partial charge in [-0.2, -0.15) is 0 Å². The topological polar surface area (TPSA) is 98.7 Å². The number of rotatable bonds is 4. The van der Waals surface area contributed by atoms with Gasteiger partial charge in [-0.05, 0) is 29.0 Å². The van der Waals surface area contributed by atoms with Gasteiger partial charge < -0.3 is 11.1 Å². The van der Waals surface area contributed by atoms with Crippen molar-refractivity contribution < 1.29 is 4.79 Å². The number of nitrogens with one attached hydrogen (secondary N) is 1. The van der Waals surface area contributed by atoms with Crippen LogP contribution in [0.25, 0.3) is 0 Å². The average molecular weight is 278 g/mol. The van der Waals surface area contributed by atoms with Gasteiger partial charge in [0.1, 0.15) is 0 Å². The highest BCUT2D eigenvalue weighted by atomic mass is 32.2. The molecule has 8 heteroatoms. The minimum absolute atomic E-state index is 0.144. The highest BCUT2D eigenvalue weighted by Crippen LogP contribution is 2.23. The number of nitrogens with zero attached hydrogens (tertiary/aromatic N) is 4. The van der Waals surface area contributed by atoms with Crippen LogP contribution in [0.2, 0.25) is 0 Å². The number of carbonyl (C=O) groups excluding carboxylic acids is 1. The number of carbonyl (C=O) groups is 1. The van der Waals surface area contributed by atoms with Gasteiger partial charge in [0.2, 0.25) is 11.1 Å². The molecule has 0 bridgehead atoms. The molecular formula is C11H14N6OS. The van der Waals surface area contributed by atoms with Gasteiger partial charge >= 0.3 is 0 Å². The molecule has 19 heavy (non-hydrogen) atoms. The van der Waals surface area contributed by atoms with Gasteiger partial charge in [0.25, 0.3) is 0 Å². The van der Waals surface area contributed by atoms with Crippen LogP contribution in [-0.4, -0.2) is 31.9 Å². The summed E-state index contributed by atoms with van der Waals surface area (Å²) < 4.78 is 1.51. The fraction of sp³-hybridized carbons (Fsp3) is 0.273. The average Bonchev–Trinajstić information content (AvgIpc) is 2.77. The van der Waals surface area contributed by atoms with Crippen LogP contribution in [0.4, 0.5) is 11.4 Å². The number of thioether (sulfide) groups is 1. The van der Waals surface area contributed by atoms with Crippen LogP contribution in [0.3, 0.4) is 0 Å². The first-order valence-electron chi connectivity index (χ1n) is 5.58. The zero-order valence-corrected chi connectivity index (χ0v) is 11.4. The molecule has 0 radical (unpaired) electrons. The lowest BCUT2D eigenvalue weighted by Crippen LogP contribution is -2.16. The maximum atomic E-state index is 11.9. The molecule has 1 aromatic carbocycles. The van der Waals surface area contributed by atoms with Crippen LogP contribution in [0.5, 0.6) is 0 Å². The number of tetrazole rings is 1. The third kappa shape index (κ3) is 3.22. The highest BCUT2D eigenvalue weighted by Gasteiger charge is 2.10. The van der Waals surface area contributed by atoms with Crippen LogP contribution in [0.15, 0.2) is 23.4 Å². The van der Waals surface area contributed by atoms with Gasteiger partial charge in [-0.1, -0.05) is 23.9 Å².